The van der Waals surface area contributed by atoms with Crippen LogP contribution >= 0.6 is 0 Å². The van der Waals surface area contributed by atoms with Crippen molar-refractivity contribution >= 4 is 0 Å². The van der Waals surface area contributed by atoms with Gasteiger partial charge in [-0.2, -0.15) is 0 Å². The summed E-state index contributed by atoms with van der Waals surface area (Å²) in [5.41, 5.74) is 1.01. The minimum Gasteiger partial charge on any atom is -0.491 e. The van der Waals surface area contributed by atoms with E-state index in [-0.39, 0.29) is 12.2 Å². The predicted octanol–water partition coefficient (Wildman–Crippen LogP) is 3.64. The van der Waals surface area contributed by atoms with Gasteiger partial charge in [0.05, 0.1) is 0 Å². The zero-order chi connectivity index (χ0) is 14.5. The first-order valence-corrected chi connectivity index (χ1v) is 6.45. The molecular weight excluding hydrogens is 262 g/mol. The van der Waals surface area contributed by atoms with Gasteiger partial charge in [0.25, 0.3) is 0 Å². The summed E-state index contributed by atoms with van der Waals surface area (Å²) < 4.78 is 32.0. The molecule has 0 aliphatic carbocycles. The summed E-state index contributed by atoms with van der Waals surface area (Å²) in [6, 6.07) is 11.1. The van der Waals surface area contributed by atoms with Crippen molar-refractivity contribution in [3.63, 3.8) is 0 Å². The first kappa shape index (κ1) is 14.5. The zero-order valence-electron chi connectivity index (χ0n) is 11.1. The first-order chi connectivity index (χ1) is 9.61. The molecule has 2 aromatic rings. The topological polar surface area (TPSA) is 29.5 Å². The molecule has 2 rings (SSSR count). The summed E-state index contributed by atoms with van der Waals surface area (Å²) in [6.07, 6.45) is -0.339. The van der Waals surface area contributed by atoms with E-state index < -0.39 is 17.7 Å². The van der Waals surface area contributed by atoms with Crippen LogP contribution in [-0.4, -0.2) is 11.7 Å². The van der Waals surface area contributed by atoms with Crippen LogP contribution < -0.4 is 4.74 Å². The number of aryl methyl sites for hydroxylation is 1. The quantitative estimate of drug-likeness (QED) is 0.904. The van der Waals surface area contributed by atoms with E-state index in [1.54, 1.807) is 6.07 Å². The van der Waals surface area contributed by atoms with Crippen molar-refractivity contribution in [1.29, 1.82) is 0 Å². The van der Waals surface area contributed by atoms with Crippen molar-refractivity contribution in [3.05, 3.63) is 65.2 Å². The molecule has 0 amide bonds. The van der Waals surface area contributed by atoms with Crippen molar-refractivity contribution in [2.45, 2.75) is 19.4 Å². The van der Waals surface area contributed by atoms with E-state index in [1.807, 2.05) is 25.1 Å². The monoisotopic (exact) mass is 278 g/mol. The number of benzene rings is 2. The summed E-state index contributed by atoms with van der Waals surface area (Å²) in [6.45, 7) is 1.89. The highest BCUT2D eigenvalue weighted by Gasteiger charge is 2.16. The molecule has 1 N–H and O–H groups in total. The van der Waals surface area contributed by atoms with E-state index in [9.17, 15) is 13.9 Å². The average Bonchev–Trinajstić information content (AvgIpc) is 2.48. The Bertz CT molecular complexity index is 584. The van der Waals surface area contributed by atoms with Crippen molar-refractivity contribution in [1.82, 2.24) is 0 Å². The van der Waals surface area contributed by atoms with Crippen LogP contribution in [0.15, 0.2) is 42.5 Å². The SMILES string of the molecule is CCc1cccc(OCC(O)c2cccc(F)c2F)c1. The highest BCUT2D eigenvalue weighted by Crippen LogP contribution is 2.21. The lowest BCUT2D eigenvalue weighted by atomic mass is 10.1. The third-order valence-electron chi connectivity index (χ3n) is 3.06. The fourth-order valence-electron chi connectivity index (χ4n) is 1.90. The Kier molecular flexibility index (Phi) is 4.69. The maximum Gasteiger partial charge on any atom is 0.164 e. The average molecular weight is 278 g/mol. The highest BCUT2D eigenvalue weighted by molar-refractivity contribution is 5.29. The normalized spacial score (nSPS) is 12.2. The van der Waals surface area contributed by atoms with Crippen molar-refractivity contribution in [2.24, 2.45) is 0 Å². The molecule has 4 heteroatoms. The van der Waals surface area contributed by atoms with Crippen molar-refractivity contribution in [3.8, 4) is 5.75 Å². The molecule has 0 aliphatic rings. The second-order valence-corrected chi connectivity index (χ2v) is 4.47. The van der Waals surface area contributed by atoms with Crippen LogP contribution in [0.1, 0.15) is 24.2 Å². The molecule has 1 unspecified atom stereocenters. The third-order valence-corrected chi connectivity index (χ3v) is 3.06. The molecular formula is C16H16F2O2. The Morgan fingerprint density at radius 1 is 1.15 bits per heavy atom. The molecule has 0 fully saturated rings. The van der Waals surface area contributed by atoms with Crippen LogP contribution in [0.2, 0.25) is 0 Å². The van der Waals surface area contributed by atoms with Gasteiger partial charge < -0.3 is 9.84 Å². The van der Waals surface area contributed by atoms with Gasteiger partial charge in [-0.05, 0) is 30.2 Å². The molecule has 0 bridgehead atoms. The lowest BCUT2D eigenvalue weighted by Crippen LogP contribution is -2.12. The van der Waals surface area contributed by atoms with Crippen LogP contribution in [-0.2, 0) is 6.42 Å². The van der Waals surface area contributed by atoms with Crippen LogP contribution in [0.5, 0.6) is 5.75 Å². The largest absolute Gasteiger partial charge is 0.491 e. The van der Waals surface area contributed by atoms with E-state index >= 15 is 0 Å². The molecule has 0 aliphatic heterocycles. The van der Waals surface area contributed by atoms with Gasteiger partial charge in [0, 0.05) is 5.56 Å². The van der Waals surface area contributed by atoms with Crippen LogP contribution in [0.4, 0.5) is 8.78 Å². The second kappa shape index (κ2) is 6.48. The summed E-state index contributed by atoms with van der Waals surface area (Å²) in [5, 5.41) is 9.88. The van der Waals surface area contributed by atoms with Crippen molar-refractivity contribution in [2.75, 3.05) is 6.61 Å². The lowest BCUT2D eigenvalue weighted by molar-refractivity contribution is 0.104. The van der Waals surface area contributed by atoms with Crippen molar-refractivity contribution < 1.29 is 18.6 Å². The van der Waals surface area contributed by atoms with Crippen LogP contribution in [0.3, 0.4) is 0 Å². The Morgan fingerprint density at radius 2 is 1.90 bits per heavy atom. The molecule has 0 spiro atoms. The fraction of sp³-hybridized carbons (Fsp3) is 0.250. The first-order valence-electron chi connectivity index (χ1n) is 6.45. The van der Waals surface area contributed by atoms with E-state index in [4.69, 9.17) is 4.74 Å². The number of ether oxygens (including phenoxy) is 1. The fourth-order valence-corrected chi connectivity index (χ4v) is 1.90. The van der Waals surface area contributed by atoms with Gasteiger partial charge in [-0.15, -0.1) is 0 Å². The third kappa shape index (κ3) is 3.33. The van der Waals surface area contributed by atoms with E-state index in [2.05, 4.69) is 0 Å². The van der Waals surface area contributed by atoms with Gasteiger partial charge >= 0.3 is 0 Å². The van der Waals surface area contributed by atoms with Gasteiger partial charge in [-0.1, -0.05) is 31.2 Å². The lowest BCUT2D eigenvalue weighted by Gasteiger charge is -2.14. The number of aliphatic hydroxyl groups excluding tert-OH is 1. The Balaban J connectivity index is 2.04. The zero-order valence-corrected chi connectivity index (χ0v) is 11.1. The van der Waals surface area contributed by atoms with Gasteiger partial charge in [0.2, 0.25) is 0 Å². The molecule has 1 atom stereocenters. The Hall–Kier alpha value is -1.94. The predicted molar refractivity (Wildman–Crippen MR) is 72.6 cm³/mol. The molecule has 2 nitrogen and oxygen atoms in total. The smallest absolute Gasteiger partial charge is 0.164 e. The second-order valence-electron chi connectivity index (χ2n) is 4.47. The van der Waals surface area contributed by atoms with Gasteiger partial charge in [0.15, 0.2) is 11.6 Å². The van der Waals surface area contributed by atoms with E-state index in [1.165, 1.54) is 12.1 Å². The Morgan fingerprint density at radius 3 is 2.65 bits per heavy atom. The van der Waals surface area contributed by atoms with Gasteiger partial charge in [-0.25, -0.2) is 8.78 Å². The van der Waals surface area contributed by atoms with Crippen LogP contribution in [0, 0.1) is 11.6 Å². The summed E-state index contributed by atoms with van der Waals surface area (Å²) in [4.78, 5) is 0. The highest BCUT2D eigenvalue weighted by atomic mass is 19.2. The summed E-state index contributed by atoms with van der Waals surface area (Å²) in [5.74, 6) is -1.42. The Labute approximate surface area is 116 Å². The van der Waals surface area contributed by atoms with Gasteiger partial charge in [0.1, 0.15) is 18.5 Å². The van der Waals surface area contributed by atoms with Crippen LogP contribution in [0.25, 0.3) is 0 Å². The van der Waals surface area contributed by atoms with Gasteiger partial charge in [-0.3, -0.25) is 0 Å². The molecule has 0 aromatic heterocycles. The number of hydrogen-bond acceptors (Lipinski definition) is 2. The minimum absolute atomic E-state index is 0.100. The molecule has 0 heterocycles. The maximum atomic E-state index is 13.5. The summed E-state index contributed by atoms with van der Waals surface area (Å²) in [7, 11) is 0. The minimum atomic E-state index is -1.21. The molecule has 106 valence electrons. The number of hydrogen-bond donors (Lipinski definition) is 1. The molecule has 2 aromatic carbocycles. The molecule has 20 heavy (non-hydrogen) atoms. The summed E-state index contributed by atoms with van der Waals surface area (Å²) >= 11 is 0. The molecule has 0 saturated carbocycles. The molecule has 0 radical (unpaired) electrons. The standard InChI is InChI=1S/C16H16F2O2/c1-2-11-5-3-6-12(9-11)20-10-15(19)13-7-4-8-14(17)16(13)18/h3-9,15,19H,2,10H2,1H3. The maximum absolute atomic E-state index is 13.5. The van der Waals surface area contributed by atoms with E-state index in [0.29, 0.717) is 5.75 Å². The van der Waals surface area contributed by atoms with E-state index in [0.717, 1.165) is 18.1 Å². The molecule has 0 saturated heterocycles. The number of halogens is 2. The number of aliphatic hydroxyl groups is 1. The number of rotatable bonds is 5.